The van der Waals surface area contributed by atoms with Gasteiger partial charge in [0.1, 0.15) is 0 Å². The Morgan fingerprint density at radius 2 is 2.05 bits per heavy atom. The van der Waals surface area contributed by atoms with Gasteiger partial charge in [0, 0.05) is 18.5 Å². The van der Waals surface area contributed by atoms with Crippen LogP contribution in [0.2, 0.25) is 0 Å². The van der Waals surface area contributed by atoms with Gasteiger partial charge in [-0.3, -0.25) is 4.99 Å². The van der Waals surface area contributed by atoms with Gasteiger partial charge in [0.25, 0.3) is 0 Å². The summed E-state index contributed by atoms with van der Waals surface area (Å²) >= 11 is 0. The lowest BCUT2D eigenvalue weighted by atomic mass is 9.84. The molecule has 0 saturated carbocycles. The van der Waals surface area contributed by atoms with E-state index in [9.17, 15) is 0 Å². The molecule has 1 fully saturated rings. The van der Waals surface area contributed by atoms with Crippen molar-refractivity contribution in [2.24, 2.45) is 10.7 Å². The number of nitrogens with zero attached hydrogens (tertiary/aromatic N) is 2. The quantitative estimate of drug-likeness (QED) is 0.677. The molecule has 110 valence electrons. The number of benzene rings is 1. The zero-order valence-electron chi connectivity index (χ0n) is 12.7. The fourth-order valence-electron chi connectivity index (χ4n) is 2.33. The fourth-order valence-corrected chi connectivity index (χ4v) is 2.33. The summed E-state index contributed by atoms with van der Waals surface area (Å²) in [6.07, 6.45) is 0. The fraction of sp³-hybridized carbons (Fsp3) is 0.562. The number of rotatable bonds is 3. The molecule has 0 aliphatic carbocycles. The molecule has 1 saturated heterocycles. The molecule has 0 spiro atoms. The third-order valence-corrected chi connectivity index (χ3v) is 3.77. The predicted octanol–water partition coefficient (Wildman–Crippen LogP) is 1.92. The van der Waals surface area contributed by atoms with Crippen molar-refractivity contribution >= 4 is 5.96 Å². The first-order valence-electron chi connectivity index (χ1n) is 7.19. The monoisotopic (exact) mass is 275 g/mol. The van der Waals surface area contributed by atoms with Crippen LogP contribution in [-0.4, -0.2) is 43.7 Å². The third-order valence-electron chi connectivity index (χ3n) is 3.77. The Kier molecular flexibility index (Phi) is 4.65. The average molecular weight is 275 g/mol. The van der Waals surface area contributed by atoms with Crippen molar-refractivity contribution in [3.63, 3.8) is 0 Å². The molecule has 2 rings (SSSR count). The molecular weight excluding hydrogens is 250 g/mol. The van der Waals surface area contributed by atoms with Gasteiger partial charge in [0.15, 0.2) is 5.96 Å². The third kappa shape index (κ3) is 3.73. The van der Waals surface area contributed by atoms with E-state index in [1.165, 1.54) is 11.1 Å². The molecule has 20 heavy (non-hydrogen) atoms. The molecule has 0 bridgehead atoms. The highest BCUT2D eigenvalue weighted by Crippen LogP contribution is 2.24. The van der Waals surface area contributed by atoms with Crippen LogP contribution in [0.3, 0.4) is 0 Å². The van der Waals surface area contributed by atoms with E-state index in [0.717, 1.165) is 26.3 Å². The number of hydrogen-bond acceptors (Lipinski definition) is 2. The molecule has 4 nitrogen and oxygen atoms in total. The van der Waals surface area contributed by atoms with E-state index in [4.69, 9.17) is 10.5 Å². The molecule has 0 amide bonds. The largest absolute Gasteiger partial charge is 0.378 e. The van der Waals surface area contributed by atoms with E-state index in [1.807, 2.05) is 0 Å². The van der Waals surface area contributed by atoms with Gasteiger partial charge in [-0.25, -0.2) is 0 Å². The van der Waals surface area contributed by atoms with E-state index in [0.29, 0.717) is 12.5 Å². The summed E-state index contributed by atoms with van der Waals surface area (Å²) in [6, 6.07) is 8.60. The number of ether oxygens (including phenoxy) is 1. The van der Waals surface area contributed by atoms with Crippen LogP contribution < -0.4 is 5.73 Å². The van der Waals surface area contributed by atoms with Crippen molar-refractivity contribution in [3.8, 4) is 0 Å². The molecule has 0 aromatic heterocycles. The normalized spacial score (nSPS) is 17.4. The Labute approximate surface area is 121 Å². The zero-order valence-corrected chi connectivity index (χ0v) is 12.7. The van der Waals surface area contributed by atoms with E-state index >= 15 is 0 Å². The maximum Gasteiger partial charge on any atom is 0.191 e. The molecule has 1 aliphatic heterocycles. The number of morpholine rings is 1. The van der Waals surface area contributed by atoms with Crippen molar-refractivity contribution < 1.29 is 4.74 Å². The van der Waals surface area contributed by atoms with Gasteiger partial charge in [-0.1, -0.05) is 43.7 Å². The first-order chi connectivity index (χ1) is 9.49. The molecular formula is C16H25N3O. The zero-order chi connectivity index (χ0) is 14.6. The summed E-state index contributed by atoms with van der Waals surface area (Å²) in [5.41, 5.74) is 8.65. The van der Waals surface area contributed by atoms with Gasteiger partial charge in [-0.05, 0) is 12.5 Å². The lowest BCUT2D eigenvalue weighted by Crippen LogP contribution is -2.45. The number of guanidine groups is 1. The lowest BCUT2D eigenvalue weighted by Gasteiger charge is -2.29. The molecule has 0 unspecified atom stereocenters. The van der Waals surface area contributed by atoms with Gasteiger partial charge >= 0.3 is 0 Å². The Morgan fingerprint density at radius 1 is 1.35 bits per heavy atom. The van der Waals surface area contributed by atoms with Crippen molar-refractivity contribution in [3.05, 3.63) is 35.4 Å². The maximum atomic E-state index is 6.08. The van der Waals surface area contributed by atoms with E-state index in [1.54, 1.807) is 0 Å². The van der Waals surface area contributed by atoms with E-state index in [-0.39, 0.29) is 5.41 Å². The second-order valence-corrected chi connectivity index (χ2v) is 6.03. The minimum absolute atomic E-state index is 0.0110. The van der Waals surface area contributed by atoms with Crippen LogP contribution in [0, 0.1) is 6.92 Å². The Morgan fingerprint density at radius 3 is 2.70 bits per heavy atom. The van der Waals surface area contributed by atoms with Crippen molar-refractivity contribution in [1.82, 2.24) is 4.90 Å². The highest BCUT2D eigenvalue weighted by atomic mass is 16.5. The number of hydrogen-bond donors (Lipinski definition) is 1. The van der Waals surface area contributed by atoms with Crippen LogP contribution in [0.1, 0.15) is 25.0 Å². The van der Waals surface area contributed by atoms with E-state index in [2.05, 4.69) is 54.9 Å². The second kappa shape index (κ2) is 6.27. The number of aliphatic imine (C=N–C) groups is 1. The Balaban J connectivity index is 2.04. The molecule has 0 radical (unpaired) electrons. The van der Waals surface area contributed by atoms with Crippen LogP contribution in [0.15, 0.2) is 29.3 Å². The molecule has 1 aliphatic rings. The molecule has 4 heteroatoms. The summed E-state index contributed by atoms with van der Waals surface area (Å²) in [5, 5.41) is 0. The summed E-state index contributed by atoms with van der Waals surface area (Å²) in [4.78, 5) is 6.68. The van der Waals surface area contributed by atoms with Gasteiger partial charge in [-0.2, -0.15) is 0 Å². The van der Waals surface area contributed by atoms with Crippen LogP contribution in [-0.2, 0) is 10.2 Å². The summed E-state index contributed by atoms with van der Waals surface area (Å²) < 4.78 is 5.33. The van der Waals surface area contributed by atoms with Crippen molar-refractivity contribution in [2.75, 3.05) is 32.8 Å². The van der Waals surface area contributed by atoms with Gasteiger partial charge < -0.3 is 15.4 Å². The first kappa shape index (κ1) is 14.9. The predicted molar refractivity (Wildman–Crippen MR) is 83.1 cm³/mol. The second-order valence-electron chi connectivity index (χ2n) is 6.03. The SMILES string of the molecule is Cc1cccc(C(C)(C)CN=C(N)N2CCOCC2)c1. The van der Waals surface area contributed by atoms with Crippen LogP contribution in [0.5, 0.6) is 0 Å². The minimum atomic E-state index is -0.0110. The minimum Gasteiger partial charge on any atom is -0.378 e. The Bertz CT molecular complexity index is 476. The van der Waals surface area contributed by atoms with Gasteiger partial charge in [0.2, 0.25) is 0 Å². The lowest BCUT2D eigenvalue weighted by molar-refractivity contribution is 0.0674. The standard InChI is InChI=1S/C16H25N3O/c1-13-5-4-6-14(11-13)16(2,3)12-18-15(17)19-7-9-20-10-8-19/h4-6,11H,7-10,12H2,1-3H3,(H2,17,18). The highest BCUT2D eigenvalue weighted by Gasteiger charge is 2.21. The molecule has 1 aromatic carbocycles. The number of nitrogens with two attached hydrogens (primary N) is 1. The van der Waals surface area contributed by atoms with Crippen molar-refractivity contribution in [1.29, 1.82) is 0 Å². The van der Waals surface area contributed by atoms with Crippen LogP contribution in [0.25, 0.3) is 0 Å². The topological polar surface area (TPSA) is 50.8 Å². The van der Waals surface area contributed by atoms with Crippen LogP contribution in [0.4, 0.5) is 0 Å². The first-order valence-corrected chi connectivity index (χ1v) is 7.19. The smallest absolute Gasteiger partial charge is 0.191 e. The molecule has 0 atom stereocenters. The van der Waals surface area contributed by atoms with Crippen LogP contribution >= 0.6 is 0 Å². The average Bonchev–Trinajstić information content (AvgIpc) is 2.46. The van der Waals surface area contributed by atoms with Gasteiger partial charge in [-0.15, -0.1) is 0 Å². The molecule has 2 N–H and O–H groups in total. The van der Waals surface area contributed by atoms with E-state index < -0.39 is 0 Å². The molecule has 1 aromatic rings. The Hall–Kier alpha value is -1.55. The number of aryl methyl sites for hydroxylation is 1. The molecule has 1 heterocycles. The summed E-state index contributed by atoms with van der Waals surface area (Å²) in [7, 11) is 0. The van der Waals surface area contributed by atoms with Crippen molar-refractivity contribution in [2.45, 2.75) is 26.2 Å². The van der Waals surface area contributed by atoms with Gasteiger partial charge in [0.05, 0.1) is 19.8 Å². The highest BCUT2D eigenvalue weighted by molar-refractivity contribution is 5.78. The summed E-state index contributed by atoms with van der Waals surface area (Å²) in [6.45, 7) is 10.4. The maximum absolute atomic E-state index is 6.08. The summed E-state index contributed by atoms with van der Waals surface area (Å²) in [5.74, 6) is 0.633.